The smallest absolute Gasteiger partial charge is 0.254 e. The number of hydrogen-bond acceptors (Lipinski definition) is 8. The average molecular weight is 469 g/mol. The Morgan fingerprint density at radius 3 is 2.57 bits per heavy atom. The second kappa shape index (κ2) is 9.84. The van der Waals surface area contributed by atoms with E-state index in [0.29, 0.717) is 41.8 Å². The Kier molecular flexibility index (Phi) is 6.30. The Labute approximate surface area is 202 Å². The third-order valence-corrected chi connectivity index (χ3v) is 5.83. The monoisotopic (exact) mass is 468 g/mol. The van der Waals surface area contributed by atoms with Crippen molar-refractivity contribution in [3.63, 3.8) is 0 Å². The molecule has 1 amide bonds. The van der Waals surface area contributed by atoms with Crippen molar-refractivity contribution in [2.45, 2.75) is 19.3 Å². The van der Waals surface area contributed by atoms with Gasteiger partial charge in [-0.1, -0.05) is 0 Å². The molecule has 1 atom stereocenters. The van der Waals surface area contributed by atoms with E-state index in [-0.39, 0.29) is 11.8 Å². The highest BCUT2D eigenvalue weighted by Crippen LogP contribution is 2.29. The maximum absolute atomic E-state index is 13.2. The predicted molar refractivity (Wildman–Crippen MR) is 128 cm³/mol. The second-order valence-corrected chi connectivity index (χ2v) is 8.28. The number of carbonyl (C=O) groups excluding carboxylic acids is 1. The molecule has 35 heavy (non-hydrogen) atoms. The van der Waals surface area contributed by atoms with Crippen LogP contribution in [-0.4, -0.2) is 55.9 Å². The van der Waals surface area contributed by atoms with Crippen LogP contribution in [0, 0.1) is 6.92 Å². The van der Waals surface area contributed by atoms with Crippen molar-refractivity contribution in [3.8, 4) is 28.6 Å². The molecule has 0 radical (unpaired) electrons. The van der Waals surface area contributed by atoms with Gasteiger partial charge >= 0.3 is 0 Å². The van der Waals surface area contributed by atoms with E-state index in [1.54, 1.807) is 43.9 Å². The number of benzene rings is 1. The molecule has 1 unspecified atom stereocenters. The van der Waals surface area contributed by atoms with E-state index in [4.69, 9.17) is 9.47 Å². The van der Waals surface area contributed by atoms with Gasteiger partial charge < -0.3 is 14.4 Å². The maximum atomic E-state index is 13.2. The van der Waals surface area contributed by atoms with Crippen molar-refractivity contribution in [1.82, 2.24) is 29.8 Å². The van der Waals surface area contributed by atoms with E-state index in [9.17, 15) is 4.79 Å². The third-order valence-electron chi connectivity index (χ3n) is 5.83. The number of amides is 1. The summed E-state index contributed by atoms with van der Waals surface area (Å²) in [7, 11) is 1.62. The minimum atomic E-state index is -0.0460. The largest absolute Gasteiger partial charge is 0.497 e. The molecule has 1 aliphatic heterocycles. The first kappa shape index (κ1) is 22.4. The van der Waals surface area contributed by atoms with Crippen LogP contribution in [0.3, 0.4) is 0 Å². The number of likely N-dealkylation sites (tertiary alicyclic amines) is 1. The van der Waals surface area contributed by atoms with Gasteiger partial charge in [0, 0.05) is 60.5 Å². The first-order valence-corrected chi connectivity index (χ1v) is 11.3. The van der Waals surface area contributed by atoms with Gasteiger partial charge in [0.25, 0.3) is 5.91 Å². The van der Waals surface area contributed by atoms with Gasteiger partial charge in [-0.05, 0) is 49.7 Å². The van der Waals surface area contributed by atoms with Crippen LogP contribution >= 0.6 is 0 Å². The van der Waals surface area contributed by atoms with Gasteiger partial charge in [0.15, 0.2) is 0 Å². The molecule has 1 aromatic carbocycles. The zero-order valence-corrected chi connectivity index (χ0v) is 19.5. The molecule has 176 valence electrons. The molecule has 5 rings (SSSR count). The van der Waals surface area contributed by atoms with E-state index in [1.807, 2.05) is 36.1 Å². The van der Waals surface area contributed by atoms with Gasteiger partial charge in [-0.2, -0.15) is 4.98 Å². The minimum Gasteiger partial charge on any atom is -0.497 e. The summed E-state index contributed by atoms with van der Waals surface area (Å²) >= 11 is 0. The summed E-state index contributed by atoms with van der Waals surface area (Å²) in [4.78, 5) is 36.7. The Hall–Kier alpha value is -4.40. The van der Waals surface area contributed by atoms with Gasteiger partial charge in [-0.25, -0.2) is 15.0 Å². The van der Waals surface area contributed by atoms with Crippen LogP contribution in [0.15, 0.2) is 67.4 Å². The third kappa shape index (κ3) is 5.08. The fourth-order valence-electron chi connectivity index (χ4n) is 4.05. The quantitative estimate of drug-likeness (QED) is 0.417. The zero-order chi connectivity index (χ0) is 24.2. The topological polar surface area (TPSA) is 103 Å². The van der Waals surface area contributed by atoms with Gasteiger partial charge in [-0.3, -0.25) is 9.78 Å². The number of rotatable bonds is 6. The molecule has 0 saturated carbocycles. The summed E-state index contributed by atoms with van der Waals surface area (Å²) in [6, 6.07) is 12.6. The summed E-state index contributed by atoms with van der Waals surface area (Å²) in [5, 5.41) is 0. The van der Waals surface area contributed by atoms with Crippen molar-refractivity contribution < 1.29 is 14.3 Å². The van der Waals surface area contributed by atoms with Crippen LogP contribution in [0.1, 0.15) is 34.2 Å². The van der Waals surface area contributed by atoms with E-state index < -0.39 is 0 Å². The van der Waals surface area contributed by atoms with E-state index >= 15 is 0 Å². The highest BCUT2D eigenvalue weighted by atomic mass is 16.5. The SMILES string of the molecule is COc1ccc(Oc2cc(C)nc(C3CCN(C(=O)c4ccnc(-c5cncnc5)c4)C3)n2)cc1. The molecule has 4 heterocycles. The van der Waals surface area contributed by atoms with E-state index in [2.05, 4.69) is 24.9 Å². The number of nitrogens with zero attached hydrogens (tertiary/aromatic N) is 6. The number of hydrogen-bond donors (Lipinski definition) is 0. The van der Waals surface area contributed by atoms with Crippen molar-refractivity contribution in [2.24, 2.45) is 0 Å². The van der Waals surface area contributed by atoms with Crippen molar-refractivity contribution >= 4 is 5.91 Å². The van der Waals surface area contributed by atoms with Crippen LogP contribution in [0.2, 0.25) is 0 Å². The van der Waals surface area contributed by atoms with Crippen LogP contribution in [0.5, 0.6) is 17.4 Å². The first-order valence-electron chi connectivity index (χ1n) is 11.3. The predicted octanol–water partition coefficient (Wildman–Crippen LogP) is 4.07. The summed E-state index contributed by atoms with van der Waals surface area (Å²) in [5.74, 6) is 2.56. The lowest BCUT2D eigenvalue weighted by Crippen LogP contribution is -2.28. The van der Waals surface area contributed by atoms with Gasteiger partial charge in [-0.15, -0.1) is 0 Å². The highest BCUT2D eigenvalue weighted by molar-refractivity contribution is 5.95. The summed E-state index contributed by atoms with van der Waals surface area (Å²) in [6.07, 6.45) is 7.23. The summed E-state index contributed by atoms with van der Waals surface area (Å²) < 4.78 is 11.1. The molecule has 3 aromatic heterocycles. The van der Waals surface area contributed by atoms with Gasteiger partial charge in [0.2, 0.25) is 5.88 Å². The number of carbonyl (C=O) groups is 1. The number of ether oxygens (including phenoxy) is 2. The lowest BCUT2D eigenvalue weighted by Gasteiger charge is -2.17. The average Bonchev–Trinajstić information content (AvgIpc) is 3.39. The van der Waals surface area contributed by atoms with Crippen LogP contribution < -0.4 is 9.47 Å². The molecule has 0 bridgehead atoms. The van der Waals surface area contributed by atoms with E-state index in [0.717, 1.165) is 23.4 Å². The maximum Gasteiger partial charge on any atom is 0.254 e. The van der Waals surface area contributed by atoms with Crippen molar-refractivity contribution in [2.75, 3.05) is 20.2 Å². The normalized spacial score (nSPS) is 15.1. The fraction of sp³-hybridized carbons (Fsp3) is 0.231. The molecule has 4 aromatic rings. The lowest BCUT2D eigenvalue weighted by atomic mass is 10.1. The zero-order valence-electron chi connectivity index (χ0n) is 19.5. The number of methoxy groups -OCH3 is 1. The molecule has 9 nitrogen and oxygen atoms in total. The van der Waals surface area contributed by atoms with E-state index in [1.165, 1.54) is 6.33 Å². The highest BCUT2D eigenvalue weighted by Gasteiger charge is 2.30. The second-order valence-electron chi connectivity index (χ2n) is 8.28. The van der Waals surface area contributed by atoms with Crippen LogP contribution in [-0.2, 0) is 0 Å². The fourth-order valence-corrected chi connectivity index (χ4v) is 4.05. The van der Waals surface area contributed by atoms with Gasteiger partial charge in [0.05, 0.1) is 12.8 Å². The lowest BCUT2D eigenvalue weighted by molar-refractivity contribution is 0.0790. The number of aryl methyl sites for hydroxylation is 1. The molecule has 0 N–H and O–H groups in total. The molecule has 1 fully saturated rings. The molecule has 1 saturated heterocycles. The standard InChI is InChI=1S/C26H24N6O3/c1-17-11-24(35-22-5-3-21(34-2)4-6-22)31-25(30-17)19-8-10-32(15-19)26(33)18-7-9-29-23(12-18)20-13-27-16-28-14-20/h3-7,9,11-14,16,19H,8,10,15H2,1-2H3. The Morgan fingerprint density at radius 2 is 1.80 bits per heavy atom. The molecule has 0 spiro atoms. The Bertz CT molecular complexity index is 1330. The molecular formula is C26H24N6O3. The van der Waals surface area contributed by atoms with Gasteiger partial charge in [0.1, 0.15) is 23.7 Å². The minimum absolute atomic E-state index is 0.0286. The number of aromatic nitrogens is 5. The summed E-state index contributed by atoms with van der Waals surface area (Å²) in [6.45, 7) is 3.08. The van der Waals surface area contributed by atoms with Crippen LogP contribution in [0.25, 0.3) is 11.3 Å². The molecule has 1 aliphatic rings. The summed E-state index contributed by atoms with van der Waals surface area (Å²) in [5.41, 5.74) is 2.81. The molecule has 9 heteroatoms. The Morgan fingerprint density at radius 1 is 1.03 bits per heavy atom. The first-order chi connectivity index (χ1) is 17.1. The number of pyridine rings is 1. The van der Waals surface area contributed by atoms with Crippen molar-refractivity contribution in [3.05, 3.63) is 84.5 Å². The molecular weight excluding hydrogens is 444 g/mol. The Balaban J connectivity index is 1.30. The van der Waals surface area contributed by atoms with Crippen LogP contribution in [0.4, 0.5) is 0 Å². The molecule has 0 aliphatic carbocycles. The van der Waals surface area contributed by atoms with Crippen molar-refractivity contribution in [1.29, 1.82) is 0 Å².